The van der Waals surface area contributed by atoms with Crippen molar-refractivity contribution < 1.29 is 9.90 Å². The van der Waals surface area contributed by atoms with Gasteiger partial charge in [-0.15, -0.1) is 0 Å². The first-order valence-electron chi connectivity index (χ1n) is 5.52. The highest BCUT2D eigenvalue weighted by Gasteiger charge is 2.42. The van der Waals surface area contributed by atoms with E-state index in [1.54, 1.807) is 48.5 Å². The van der Waals surface area contributed by atoms with Crippen molar-refractivity contribution in [3.05, 3.63) is 70.2 Å². The summed E-state index contributed by atoms with van der Waals surface area (Å²) in [6.45, 7) is 0. The summed E-state index contributed by atoms with van der Waals surface area (Å²) in [4.78, 5) is 11.8. The molecule has 1 heterocycles. The van der Waals surface area contributed by atoms with Crippen LogP contribution in [-0.2, 0) is 5.72 Å². The molecule has 1 aliphatic heterocycles. The third-order valence-corrected chi connectivity index (χ3v) is 3.37. The lowest BCUT2D eigenvalue weighted by atomic mass is 9.95. The molecule has 1 amide bonds. The molecule has 1 unspecified atom stereocenters. The topological polar surface area (TPSA) is 49.3 Å². The minimum absolute atomic E-state index is 0.275. The van der Waals surface area contributed by atoms with E-state index in [4.69, 9.17) is 11.6 Å². The molecule has 2 N–H and O–H groups in total. The largest absolute Gasteiger partial charge is 0.363 e. The number of aliphatic hydroxyl groups is 1. The Balaban J connectivity index is 2.17. The van der Waals surface area contributed by atoms with Crippen LogP contribution in [0.4, 0.5) is 0 Å². The molecular formula is C14H10ClNO2. The number of halogens is 1. The molecule has 0 saturated heterocycles. The lowest BCUT2D eigenvalue weighted by Gasteiger charge is -2.24. The van der Waals surface area contributed by atoms with E-state index in [9.17, 15) is 9.90 Å². The van der Waals surface area contributed by atoms with Crippen molar-refractivity contribution in [1.82, 2.24) is 5.32 Å². The van der Waals surface area contributed by atoms with Gasteiger partial charge in [0.2, 0.25) is 0 Å². The molecule has 0 aliphatic carbocycles. The average molecular weight is 260 g/mol. The smallest absolute Gasteiger partial charge is 0.254 e. The Morgan fingerprint density at radius 2 is 1.72 bits per heavy atom. The van der Waals surface area contributed by atoms with Gasteiger partial charge in [0.15, 0.2) is 5.72 Å². The van der Waals surface area contributed by atoms with E-state index >= 15 is 0 Å². The zero-order chi connectivity index (χ0) is 12.8. The predicted molar refractivity (Wildman–Crippen MR) is 68.4 cm³/mol. The third-order valence-electron chi connectivity index (χ3n) is 3.12. The van der Waals surface area contributed by atoms with Crippen LogP contribution in [0.3, 0.4) is 0 Å². The van der Waals surface area contributed by atoms with Crippen LogP contribution in [0.2, 0.25) is 5.02 Å². The van der Waals surface area contributed by atoms with Crippen molar-refractivity contribution >= 4 is 17.5 Å². The van der Waals surface area contributed by atoms with Crippen molar-refractivity contribution in [2.24, 2.45) is 0 Å². The number of hydrogen-bond acceptors (Lipinski definition) is 2. The minimum Gasteiger partial charge on any atom is -0.363 e. The van der Waals surface area contributed by atoms with Crippen molar-refractivity contribution in [1.29, 1.82) is 0 Å². The van der Waals surface area contributed by atoms with Crippen LogP contribution in [0, 0.1) is 0 Å². The molecule has 0 fully saturated rings. The highest BCUT2D eigenvalue weighted by atomic mass is 35.5. The molecule has 0 radical (unpaired) electrons. The maximum atomic E-state index is 11.8. The van der Waals surface area contributed by atoms with E-state index < -0.39 is 5.72 Å². The summed E-state index contributed by atoms with van der Waals surface area (Å²) >= 11 is 5.82. The first-order valence-corrected chi connectivity index (χ1v) is 5.89. The molecule has 2 aromatic rings. The molecule has 0 aromatic heterocycles. The second-order valence-corrected chi connectivity index (χ2v) is 4.65. The molecule has 0 bridgehead atoms. The van der Waals surface area contributed by atoms with Gasteiger partial charge in [0.05, 0.1) is 0 Å². The van der Waals surface area contributed by atoms with Crippen LogP contribution in [0.1, 0.15) is 21.5 Å². The molecule has 3 rings (SSSR count). The maximum Gasteiger partial charge on any atom is 0.254 e. The molecule has 1 atom stereocenters. The summed E-state index contributed by atoms with van der Waals surface area (Å²) in [5.41, 5.74) is 0.176. The van der Waals surface area contributed by atoms with Crippen LogP contribution in [-0.4, -0.2) is 11.0 Å². The molecule has 3 nitrogen and oxygen atoms in total. The van der Waals surface area contributed by atoms with Crippen molar-refractivity contribution in [3.63, 3.8) is 0 Å². The van der Waals surface area contributed by atoms with Crippen molar-refractivity contribution in [2.45, 2.75) is 5.72 Å². The van der Waals surface area contributed by atoms with Crippen molar-refractivity contribution in [2.75, 3.05) is 0 Å². The number of hydrogen-bond donors (Lipinski definition) is 2. The molecule has 1 aliphatic rings. The third kappa shape index (κ3) is 1.52. The molecule has 18 heavy (non-hydrogen) atoms. The number of carbonyl (C=O) groups is 1. The Kier molecular flexibility index (Phi) is 2.40. The summed E-state index contributed by atoms with van der Waals surface area (Å²) in [6, 6.07) is 13.8. The summed E-state index contributed by atoms with van der Waals surface area (Å²) in [7, 11) is 0. The number of benzene rings is 2. The number of amides is 1. The molecule has 90 valence electrons. The second-order valence-electron chi connectivity index (χ2n) is 4.22. The Bertz CT molecular complexity index is 624. The van der Waals surface area contributed by atoms with Gasteiger partial charge in [-0.25, -0.2) is 0 Å². The SMILES string of the molecule is O=C1NC(O)(c2ccc(Cl)cc2)c2ccccc21. The standard InChI is InChI=1S/C14H10ClNO2/c15-10-7-5-9(6-8-10)14(18)12-4-2-1-3-11(12)13(17)16-14/h1-8,18H,(H,16,17). The van der Waals surface area contributed by atoms with E-state index in [-0.39, 0.29) is 5.91 Å². The fourth-order valence-electron chi connectivity index (χ4n) is 2.21. The Hall–Kier alpha value is -1.84. The normalized spacial score (nSPS) is 21.6. The Labute approximate surface area is 109 Å². The first kappa shape index (κ1) is 11.3. The van der Waals surface area contributed by atoms with Gasteiger partial charge in [-0.05, 0) is 18.2 Å². The van der Waals surface area contributed by atoms with Gasteiger partial charge < -0.3 is 10.4 Å². The fourth-order valence-corrected chi connectivity index (χ4v) is 2.34. The molecule has 0 saturated carbocycles. The fraction of sp³-hybridized carbons (Fsp3) is 0.0714. The van der Waals surface area contributed by atoms with Gasteiger partial charge in [-0.2, -0.15) is 0 Å². The summed E-state index contributed by atoms with van der Waals surface area (Å²) in [5, 5.41) is 13.9. The first-order chi connectivity index (χ1) is 8.61. The average Bonchev–Trinajstić information content (AvgIpc) is 2.64. The highest BCUT2D eigenvalue weighted by Crippen LogP contribution is 2.34. The quantitative estimate of drug-likeness (QED) is 0.825. The van der Waals surface area contributed by atoms with Gasteiger partial charge >= 0.3 is 0 Å². The number of rotatable bonds is 1. The summed E-state index contributed by atoms with van der Waals surface area (Å²) in [5.74, 6) is -0.275. The van der Waals surface area contributed by atoms with Crippen molar-refractivity contribution in [3.8, 4) is 0 Å². The molecule has 4 heteroatoms. The number of carbonyl (C=O) groups excluding carboxylic acids is 1. The van der Waals surface area contributed by atoms with Gasteiger partial charge in [0.25, 0.3) is 5.91 Å². The lowest BCUT2D eigenvalue weighted by Crippen LogP contribution is -2.40. The highest BCUT2D eigenvalue weighted by molar-refractivity contribution is 6.30. The van der Waals surface area contributed by atoms with E-state index in [0.29, 0.717) is 21.7 Å². The monoisotopic (exact) mass is 259 g/mol. The summed E-state index contributed by atoms with van der Waals surface area (Å²) in [6.07, 6.45) is 0. The van der Waals surface area contributed by atoms with Crippen LogP contribution < -0.4 is 5.32 Å². The van der Waals surface area contributed by atoms with Gasteiger partial charge in [0, 0.05) is 21.7 Å². The zero-order valence-corrected chi connectivity index (χ0v) is 10.1. The number of nitrogens with one attached hydrogen (secondary N) is 1. The van der Waals surface area contributed by atoms with E-state index in [0.717, 1.165) is 0 Å². The van der Waals surface area contributed by atoms with Crippen LogP contribution in [0.5, 0.6) is 0 Å². The van der Waals surface area contributed by atoms with E-state index in [1.165, 1.54) is 0 Å². The molecule has 0 spiro atoms. The Morgan fingerprint density at radius 1 is 1.06 bits per heavy atom. The van der Waals surface area contributed by atoms with Crippen LogP contribution >= 0.6 is 11.6 Å². The predicted octanol–water partition coefficient (Wildman–Crippen LogP) is 2.28. The molecule has 2 aromatic carbocycles. The second kappa shape index (κ2) is 3.83. The van der Waals surface area contributed by atoms with Gasteiger partial charge in [-0.3, -0.25) is 4.79 Å². The van der Waals surface area contributed by atoms with Gasteiger partial charge in [0.1, 0.15) is 0 Å². The summed E-state index contributed by atoms with van der Waals surface area (Å²) < 4.78 is 0. The number of fused-ring (bicyclic) bond motifs is 1. The van der Waals surface area contributed by atoms with Gasteiger partial charge in [-0.1, -0.05) is 41.9 Å². The lowest BCUT2D eigenvalue weighted by molar-refractivity contribution is 0.0476. The minimum atomic E-state index is -1.47. The maximum absolute atomic E-state index is 11.8. The molecular weight excluding hydrogens is 250 g/mol. The van der Waals surface area contributed by atoms with E-state index in [2.05, 4.69) is 5.32 Å². The van der Waals surface area contributed by atoms with Crippen LogP contribution in [0.15, 0.2) is 48.5 Å². The Morgan fingerprint density at radius 3 is 2.44 bits per heavy atom. The van der Waals surface area contributed by atoms with Crippen LogP contribution in [0.25, 0.3) is 0 Å². The van der Waals surface area contributed by atoms with E-state index in [1.807, 2.05) is 0 Å². The zero-order valence-electron chi connectivity index (χ0n) is 9.35.